The van der Waals surface area contributed by atoms with Crippen LogP contribution in [0.5, 0.6) is 17.2 Å². The molecule has 0 saturated carbocycles. The molecule has 0 aliphatic carbocycles. The average molecular weight is 790 g/mol. The number of hydrogen-bond acceptors (Lipinski definition) is 4. The Kier molecular flexibility index (Phi) is 10.2. The minimum absolute atomic E-state index is 0.0429. The summed E-state index contributed by atoms with van der Waals surface area (Å²) in [5.41, 5.74) is 1.93. The number of ether oxygens (including phenoxy) is 3. The van der Waals surface area contributed by atoms with Gasteiger partial charge in [-0.05, 0) is 143 Å². The number of rotatable bonds is 7. The Bertz CT molecular complexity index is 958. The molecule has 0 fully saturated rings. The van der Waals surface area contributed by atoms with Gasteiger partial charge in [0, 0.05) is 0 Å². The first-order valence-corrected chi connectivity index (χ1v) is 14.1. The average Bonchev–Trinajstić information content (AvgIpc) is 2.64. The minimum atomic E-state index is -0.265. The molecule has 2 aromatic rings. The molecule has 0 aromatic heterocycles. The maximum atomic E-state index is 12.4. The van der Waals surface area contributed by atoms with Gasteiger partial charge >= 0.3 is 5.97 Å². The molecule has 182 valence electrons. The maximum absolute atomic E-state index is 12.4. The third-order valence-electron chi connectivity index (χ3n) is 4.76. The Hall–Kier alpha value is -0.300. The second-order valence-electron chi connectivity index (χ2n) is 10.4. The summed E-state index contributed by atoms with van der Waals surface area (Å²) in [6.07, 6.45) is 1.42. The van der Waals surface area contributed by atoms with Crippen LogP contribution in [0.15, 0.2) is 24.3 Å². The van der Waals surface area contributed by atoms with Crippen LogP contribution in [0, 0.1) is 29.0 Å². The number of esters is 1. The van der Waals surface area contributed by atoms with Gasteiger partial charge in [0.1, 0.15) is 22.8 Å². The zero-order chi connectivity index (χ0) is 25.1. The lowest BCUT2D eigenvalue weighted by molar-refractivity contribution is -0.146. The predicted octanol–water partition coefficient (Wildman–Crippen LogP) is 8.55. The van der Waals surface area contributed by atoms with Gasteiger partial charge in [-0.3, -0.25) is 4.79 Å². The van der Waals surface area contributed by atoms with E-state index in [1.807, 2.05) is 39.8 Å². The van der Waals surface area contributed by atoms with Crippen LogP contribution in [0.25, 0.3) is 0 Å². The molecule has 0 saturated heterocycles. The summed E-state index contributed by atoms with van der Waals surface area (Å²) in [7, 11) is 1.46. The summed E-state index contributed by atoms with van der Waals surface area (Å²) < 4.78 is 20.6. The zero-order valence-electron chi connectivity index (χ0n) is 20.6. The lowest BCUT2D eigenvalue weighted by Gasteiger charge is -2.25. The predicted molar refractivity (Wildman–Crippen MR) is 160 cm³/mol. The van der Waals surface area contributed by atoms with Gasteiger partial charge in [-0.1, -0.05) is 26.8 Å². The molecule has 0 aliphatic rings. The molecular weight excluding hydrogens is 757 g/mol. The molecule has 0 amide bonds. The molecule has 0 aliphatic heterocycles. The third kappa shape index (κ3) is 9.01. The highest BCUT2D eigenvalue weighted by Crippen LogP contribution is 2.38. The van der Waals surface area contributed by atoms with Crippen molar-refractivity contribution in [2.24, 2.45) is 11.3 Å². The van der Waals surface area contributed by atoms with Crippen LogP contribution in [0.2, 0.25) is 0 Å². The summed E-state index contributed by atoms with van der Waals surface area (Å²) in [5, 5.41) is 0. The highest BCUT2D eigenvalue weighted by Gasteiger charge is 2.26. The van der Waals surface area contributed by atoms with E-state index in [1.165, 1.54) is 7.11 Å². The summed E-state index contributed by atoms with van der Waals surface area (Å²) >= 11 is 6.90. The normalized spacial score (nSPS) is 12.9. The van der Waals surface area contributed by atoms with Gasteiger partial charge in [0.15, 0.2) is 0 Å². The smallest absolute Gasteiger partial charge is 0.309 e. The van der Waals surface area contributed by atoms with E-state index in [-0.39, 0.29) is 22.9 Å². The first kappa shape index (κ1) is 28.9. The van der Waals surface area contributed by atoms with Crippen molar-refractivity contribution >= 4 is 73.7 Å². The Morgan fingerprint density at radius 3 is 1.91 bits per heavy atom. The number of carbonyl (C=O) groups is 1. The molecule has 2 aromatic carbocycles. The van der Waals surface area contributed by atoms with Gasteiger partial charge in [0.05, 0.1) is 23.7 Å². The van der Waals surface area contributed by atoms with Crippen LogP contribution in [0.4, 0.5) is 0 Å². The molecule has 4 nitrogen and oxygen atoms in total. The molecule has 33 heavy (non-hydrogen) atoms. The van der Waals surface area contributed by atoms with Crippen LogP contribution in [-0.4, -0.2) is 18.7 Å². The van der Waals surface area contributed by atoms with Gasteiger partial charge in [0.25, 0.3) is 0 Å². The van der Waals surface area contributed by atoms with Crippen molar-refractivity contribution in [3.05, 3.63) is 46.1 Å². The van der Waals surface area contributed by atoms with Crippen LogP contribution in [0.1, 0.15) is 59.1 Å². The summed E-state index contributed by atoms with van der Waals surface area (Å²) in [4.78, 5) is 12.4. The van der Waals surface area contributed by atoms with Crippen molar-refractivity contribution in [2.45, 2.75) is 66.9 Å². The van der Waals surface area contributed by atoms with Crippen molar-refractivity contribution in [1.82, 2.24) is 0 Å². The van der Waals surface area contributed by atoms with Gasteiger partial charge in [0.2, 0.25) is 0 Å². The highest BCUT2D eigenvalue weighted by atomic mass is 127. The molecular formula is C26H33I3O4. The second-order valence-corrected chi connectivity index (χ2v) is 13.9. The van der Waals surface area contributed by atoms with Crippen molar-refractivity contribution in [3.8, 4) is 17.2 Å². The number of halogens is 3. The number of hydrogen-bond donors (Lipinski definition) is 0. The van der Waals surface area contributed by atoms with E-state index >= 15 is 0 Å². The van der Waals surface area contributed by atoms with Crippen molar-refractivity contribution in [1.29, 1.82) is 0 Å². The molecule has 0 spiro atoms. The van der Waals surface area contributed by atoms with E-state index in [2.05, 4.69) is 101 Å². The fourth-order valence-corrected chi connectivity index (χ4v) is 6.46. The molecule has 0 radical (unpaired) electrons. The number of methoxy groups -OCH3 is 1. The summed E-state index contributed by atoms with van der Waals surface area (Å²) in [6, 6.07) is 8.23. The molecule has 7 heteroatoms. The number of benzene rings is 2. The van der Waals surface area contributed by atoms with Crippen LogP contribution in [0.3, 0.4) is 0 Å². The van der Waals surface area contributed by atoms with E-state index in [0.717, 1.165) is 45.5 Å². The molecule has 0 N–H and O–H groups in total. The van der Waals surface area contributed by atoms with E-state index < -0.39 is 0 Å². The van der Waals surface area contributed by atoms with E-state index in [9.17, 15) is 4.79 Å². The van der Waals surface area contributed by atoms with Crippen molar-refractivity contribution < 1.29 is 19.0 Å². The Balaban J connectivity index is 2.29. The minimum Gasteiger partial charge on any atom is -0.486 e. The lowest BCUT2D eigenvalue weighted by Crippen LogP contribution is -2.24. The Labute approximate surface area is 239 Å². The Morgan fingerprint density at radius 1 is 0.909 bits per heavy atom. The van der Waals surface area contributed by atoms with E-state index in [4.69, 9.17) is 14.2 Å². The van der Waals surface area contributed by atoms with E-state index in [0.29, 0.717) is 6.42 Å². The fourth-order valence-electron chi connectivity index (χ4n) is 3.60. The van der Waals surface area contributed by atoms with Gasteiger partial charge < -0.3 is 14.2 Å². The second kappa shape index (κ2) is 11.6. The van der Waals surface area contributed by atoms with Crippen LogP contribution in [-0.2, 0) is 16.0 Å². The number of carbonyl (C=O) groups excluding carboxylic acids is 1. The molecule has 0 heterocycles. The lowest BCUT2D eigenvalue weighted by atomic mass is 9.82. The standard InChI is InChI=1S/C26H33I3O4/c1-15-9-16(10-17(24(30)31-8)14-25(2,3)4)11-19(27)22(15)32-18-12-20(28)23(21(29)13-18)33-26(5,6)7/h9,11-13,17H,10,14H2,1-8H3. The largest absolute Gasteiger partial charge is 0.486 e. The molecule has 1 atom stereocenters. The summed E-state index contributed by atoms with van der Waals surface area (Å²) in [6.45, 7) is 14.6. The first-order chi connectivity index (χ1) is 15.1. The fraction of sp³-hybridized carbons (Fsp3) is 0.500. The highest BCUT2D eigenvalue weighted by molar-refractivity contribution is 14.1. The molecule has 0 bridgehead atoms. The molecule has 2 rings (SSSR count). The number of aryl methyl sites for hydroxylation is 1. The summed E-state index contributed by atoms with van der Waals surface area (Å²) in [5.74, 6) is 2.17. The quantitative estimate of drug-likeness (QED) is 0.209. The maximum Gasteiger partial charge on any atom is 0.309 e. The van der Waals surface area contributed by atoms with Crippen LogP contribution >= 0.6 is 67.8 Å². The third-order valence-corrected chi connectivity index (χ3v) is 7.17. The molecule has 1 unspecified atom stereocenters. The Morgan fingerprint density at radius 2 is 1.45 bits per heavy atom. The van der Waals surface area contributed by atoms with Crippen LogP contribution < -0.4 is 9.47 Å². The monoisotopic (exact) mass is 790 g/mol. The topological polar surface area (TPSA) is 44.8 Å². The SMILES string of the molecule is COC(=O)C(Cc1cc(C)c(Oc2cc(I)c(OC(C)(C)C)c(I)c2)c(I)c1)CC(C)(C)C. The first-order valence-electron chi connectivity index (χ1n) is 10.8. The van der Waals surface area contributed by atoms with Gasteiger partial charge in [-0.2, -0.15) is 0 Å². The van der Waals surface area contributed by atoms with Crippen molar-refractivity contribution in [2.75, 3.05) is 7.11 Å². The van der Waals surface area contributed by atoms with Gasteiger partial charge in [-0.25, -0.2) is 0 Å². The van der Waals surface area contributed by atoms with Crippen molar-refractivity contribution in [3.63, 3.8) is 0 Å². The van der Waals surface area contributed by atoms with Gasteiger partial charge in [-0.15, -0.1) is 0 Å². The zero-order valence-corrected chi connectivity index (χ0v) is 27.0. The van der Waals surface area contributed by atoms with E-state index in [1.54, 1.807) is 0 Å².